The zero-order valence-electron chi connectivity index (χ0n) is 14.1. The number of halogens is 3. The van der Waals surface area contributed by atoms with Gasteiger partial charge >= 0.3 is 5.97 Å². The Labute approximate surface area is 164 Å². The zero-order chi connectivity index (χ0) is 18.8. The van der Waals surface area contributed by atoms with Crippen LogP contribution in [0.2, 0.25) is 5.02 Å². The second-order valence-electron chi connectivity index (χ2n) is 5.68. The molecule has 1 N–H and O–H groups in total. The minimum absolute atomic E-state index is 0.192. The quantitative estimate of drug-likeness (QED) is 0.752. The van der Waals surface area contributed by atoms with Gasteiger partial charge in [-0.2, -0.15) is 0 Å². The molecule has 0 fully saturated rings. The number of hydrogen-bond acceptors (Lipinski definition) is 6. The molecule has 9 heteroatoms. The number of carbonyl (C=O) groups excluding carboxylic acids is 1. The van der Waals surface area contributed by atoms with E-state index in [2.05, 4.69) is 15.3 Å². The molecule has 1 aromatic rings. The first kappa shape index (κ1) is 19.2. The third-order valence-electron chi connectivity index (χ3n) is 3.95. The number of amidine groups is 1. The third-order valence-corrected chi connectivity index (χ3v) is 5.53. The molecule has 0 aromatic heterocycles. The number of nitrogens with one attached hydrogen (secondary N) is 1. The molecule has 138 valence electrons. The molecule has 0 saturated heterocycles. The average Bonchev–Trinajstić information content (AvgIpc) is 3.01. The van der Waals surface area contributed by atoms with Crippen LogP contribution in [0.25, 0.3) is 0 Å². The molecule has 0 aliphatic carbocycles. The van der Waals surface area contributed by atoms with Gasteiger partial charge in [-0.05, 0) is 26.0 Å². The molecule has 5 nitrogen and oxygen atoms in total. The minimum Gasteiger partial charge on any atom is -0.463 e. The summed E-state index contributed by atoms with van der Waals surface area (Å²) in [6.07, 6.45) is 0. The Bertz CT molecular complexity index is 841. The summed E-state index contributed by atoms with van der Waals surface area (Å²) in [7, 11) is 0. The summed E-state index contributed by atoms with van der Waals surface area (Å²) >= 11 is 13.6. The fourth-order valence-electron chi connectivity index (χ4n) is 2.78. The Morgan fingerprint density at radius 3 is 2.81 bits per heavy atom. The van der Waals surface area contributed by atoms with Crippen LogP contribution in [-0.4, -0.2) is 34.7 Å². The first-order valence-electron chi connectivity index (χ1n) is 7.94. The molecule has 2 aliphatic rings. The lowest BCUT2D eigenvalue weighted by Crippen LogP contribution is -2.39. The van der Waals surface area contributed by atoms with Crippen molar-refractivity contribution in [2.24, 2.45) is 9.98 Å². The summed E-state index contributed by atoms with van der Waals surface area (Å²) in [6, 6.07) is 3.07. The monoisotopic (exact) mass is 415 g/mol. The van der Waals surface area contributed by atoms with Crippen molar-refractivity contribution in [2.75, 3.05) is 12.4 Å². The summed E-state index contributed by atoms with van der Waals surface area (Å²) in [6.45, 7) is 3.72. The largest absolute Gasteiger partial charge is 0.463 e. The fraction of sp³-hybridized carbons (Fsp3) is 0.353. The third kappa shape index (κ3) is 3.89. The van der Waals surface area contributed by atoms with Gasteiger partial charge in [0.25, 0.3) is 0 Å². The van der Waals surface area contributed by atoms with Gasteiger partial charge < -0.3 is 10.1 Å². The summed E-state index contributed by atoms with van der Waals surface area (Å²) in [5, 5.41) is 3.32. The predicted molar refractivity (Wildman–Crippen MR) is 104 cm³/mol. The van der Waals surface area contributed by atoms with E-state index in [0.29, 0.717) is 32.9 Å². The first-order chi connectivity index (χ1) is 12.4. The van der Waals surface area contributed by atoms with Gasteiger partial charge in [0.15, 0.2) is 4.50 Å². The van der Waals surface area contributed by atoms with E-state index in [1.54, 1.807) is 13.8 Å². The van der Waals surface area contributed by atoms with Gasteiger partial charge in [0, 0.05) is 22.0 Å². The fourth-order valence-corrected chi connectivity index (χ4v) is 4.08. The molecule has 0 bridgehead atoms. The van der Waals surface area contributed by atoms with Crippen LogP contribution in [-0.2, 0) is 9.53 Å². The number of nitrogens with zero attached hydrogens (tertiary/aromatic N) is 2. The molecular formula is C17H16Cl2FN3O2S. The summed E-state index contributed by atoms with van der Waals surface area (Å²) in [5.41, 5.74) is 1.46. The van der Waals surface area contributed by atoms with Crippen molar-refractivity contribution in [3.8, 4) is 0 Å². The van der Waals surface area contributed by atoms with Crippen molar-refractivity contribution in [2.45, 2.75) is 25.9 Å². The molecule has 0 amide bonds. The molecule has 1 aromatic carbocycles. The van der Waals surface area contributed by atoms with Crippen LogP contribution < -0.4 is 5.32 Å². The minimum atomic E-state index is -0.710. The number of aliphatic imine (C=N–C) groups is 2. The lowest BCUT2D eigenvalue weighted by atomic mass is 9.95. The molecule has 3 rings (SSSR count). The van der Waals surface area contributed by atoms with Crippen LogP contribution in [0, 0.1) is 5.82 Å². The summed E-state index contributed by atoms with van der Waals surface area (Å²) in [5.74, 6) is 0.285. The van der Waals surface area contributed by atoms with E-state index in [9.17, 15) is 9.18 Å². The Hall–Kier alpha value is -1.57. The van der Waals surface area contributed by atoms with Crippen molar-refractivity contribution in [1.82, 2.24) is 5.32 Å². The summed E-state index contributed by atoms with van der Waals surface area (Å²) < 4.78 is 19.1. The van der Waals surface area contributed by atoms with Crippen LogP contribution in [0.5, 0.6) is 0 Å². The van der Waals surface area contributed by atoms with Crippen molar-refractivity contribution in [3.05, 3.63) is 45.9 Å². The highest BCUT2D eigenvalue weighted by Crippen LogP contribution is 2.36. The SMILES string of the molecule is CCOC(=O)C1=C(C)NC(C2CSC(Cl)=N2)=NC1c1ccc(F)cc1Cl. The molecule has 0 spiro atoms. The van der Waals surface area contributed by atoms with E-state index in [1.807, 2.05) is 0 Å². The Morgan fingerprint density at radius 2 is 2.19 bits per heavy atom. The number of esters is 1. The Balaban J connectivity index is 2.06. The average molecular weight is 416 g/mol. The van der Waals surface area contributed by atoms with Crippen LogP contribution >= 0.6 is 35.0 Å². The molecule has 0 radical (unpaired) electrons. The van der Waals surface area contributed by atoms with Crippen molar-refractivity contribution < 1.29 is 13.9 Å². The molecular weight excluding hydrogens is 400 g/mol. The number of ether oxygens (including phenoxy) is 1. The second kappa shape index (κ2) is 7.98. The molecule has 2 aliphatic heterocycles. The van der Waals surface area contributed by atoms with E-state index < -0.39 is 17.8 Å². The number of hydrogen-bond donors (Lipinski definition) is 1. The van der Waals surface area contributed by atoms with Gasteiger partial charge in [0.2, 0.25) is 0 Å². The molecule has 2 atom stereocenters. The van der Waals surface area contributed by atoms with Crippen molar-refractivity contribution in [3.63, 3.8) is 0 Å². The first-order valence-corrected chi connectivity index (χ1v) is 9.68. The molecule has 26 heavy (non-hydrogen) atoms. The van der Waals surface area contributed by atoms with Crippen LogP contribution in [0.1, 0.15) is 25.5 Å². The van der Waals surface area contributed by atoms with Crippen LogP contribution in [0.4, 0.5) is 4.39 Å². The van der Waals surface area contributed by atoms with E-state index in [1.165, 1.54) is 30.0 Å². The highest BCUT2D eigenvalue weighted by Gasteiger charge is 2.34. The maximum Gasteiger partial charge on any atom is 0.338 e. The lowest BCUT2D eigenvalue weighted by Gasteiger charge is -2.28. The predicted octanol–water partition coefficient (Wildman–Crippen LogP) is 4.07. The standard InChI is InChI=1S/C17H16Cl2FN3O2S/c1-3-25-16(24)13-8(2)21-15(12-7-26-17(19)22-12)23-14(13)10-5-4-9(20)6-11(10)18/h4-6,12,14H,3,7H2,1-2H3,(H,21,23). The molecule has 0 saturated carbocycles. The molecule has 2 unspecified atom stereocenters. The highest BCUT2D eigenvalue weighted by molar-refractivity contribution is 8.17. The van der Waals surface area contributed by atoms with Gasteiger partial charge in [-0.15, -0.1) is 0 Å². The number of benzene rings is 1. The van der Waals surface area contributed by atoms with Gasteiger partial charge in [-0.1, -0.05) is 41.0 Å². The number of carbonyl (C=O) groups is 1. The molecule has 2 heterocycles. The smallest absolute Gasteiger partial charge is 0.338 e. The van der Waals surface area contributed by atoms with Gasteiger partial charge in [-0.25, -0.2) is 9.18 Å². The van der Waals surface area contributed by atoms with Crippen molar-refractivity contribution >= 4 is 51.3 Å². The highest BCUT2D eigenvalue weighted by atomic mass is 35.5. The van der Waals surface area contributed by atoms with Gasteiger partial charge in [-0.3, -0.25) is 9.98 Å². The van der Waals surface area contributed by atoms with Crippen molar-refractivity contribution in [1.29, 1.82) is 0 Å². The van der Waals surface area contributed by atoms with Gasteiger partial charge in [0.1, 0.15) is 23.7 Å². The van der Waals surface area contributed by atoms with E-state index in [4.69, 9.17) is 27.9 Å². The second-order valence-corrected chi connectivity index (χ2v) is 7.67. The van der Waals surface area contributed by atoms with E-state index in [-0.39, 0.29) is 17.7 Å². The maximum atomic E-state index is 13.5. The Kier molecular flexibility index (Phi) is 5.89. The lowest BCUT2D eigenvalue weighted by molar-refractivity contribution is -0.138. The van der Waals surface area contributed by atoms with E-state index >= 15 is 0 Å². The Morgan fingerprint density at radius 1 is 1.42 bits per heavy atom. The number of thioether (sulfide) groups is 1. The van der Waals surface area contributed by atoms with Gasteiger partial charge in [0.05, 0.1) is 12.2 Å². The number of allylic oxidation sites excluding steroid dienone is 1. The maximum absolute atomic E-state index is 13.5. The summed E-state index contributed by atoms with van der Waals surface area (Å²) in [4.78, 5) is 21.5. The van der Waals surface area contributed by atoms with E-state index in [0.717, 1.165) is 0 Å². The van der Waals surface area contributed by atoms with Crippen LogP contribution in [0.3, 0.4) is 0 Å². The zero-order valence-corrected chi connectivity index (χ0v) is 16.4. The normalized spacial score (nSPS) is 22.7. The number of rotatable bonds is 4. The topological polar surface area (TPSA) is 63.0 Å². The van der Waals surface area contributed by atoms with Crippen LogP contribution in [0.15, 0.2) is 39.5 Å².